The zero-order valence-electron chi connectivity index (χ0n) is 26.0. The van der Waals surface area contributed by atoms with E-state index < -0.39 is 41.6 Å². The lowest BCUT2D eigenvalue weighted by molar-refractivity contribution is -0.137. The number of carbonyl (C=O) groups is 3. The van der Waals surface area contributed by atoms with Gasteiger partial charge in [-0.25, -0.2) is 4.79 Å². The number of nitrogens with zero attached hydrogens (tertiary/aromatic N) is 2. The van der Waals surface area contributed by atoms with E-state index in [0.29, 0.717) is 55.8 Å². The van der Waals surface area contributed by atoms with Crippen LogP contribution in [0.1, 0.15) is 67.9 Å². The van der Waals surface area contributed by atoms with E-state index in [2.05, 4.69) is 0 Å². The number of hydrogen-bond donors (Lipinski definition) is 0. The van der Waals surface area contributed by atoms with Gasteiger partial charge in [0.15, 0.2) is 5.78 Å². The van der Waals surface area contributed by atoms with E-state index in [4.69, 9.17) is 14.5 Å². The van der Waals surface area contributed by atoms with Crippen molar-refractivity contribution in [1.29, 1.82) is 0 Å². The van der Waals surface area contributed by atoms with Gasteiger partial charge in [0.1, 0.15) is 12.4 Å². The molecule has 1 saturated heterocycles. The lowest BCUT2D eigenvalue weighted by Gasteiger charge is -2.46. The first kappa shape index (κ1) is 32.6. The Hall–Kier alpha value is -3.79. The average molecular weight is 625 g/mol. The summed E-state index contributed by atoms with van der Waals surface area (Å²) in [6.45, 7) is 6.72. The summed E-state index contributed by atoms with van der Waals surface area (Å²) in [4.78, 5) is 47.6. The fourth-order valence-electron chi connectivity index (χ4n) is 6.91. The van der Waals surface area contributed by atoms with Crippen LogP contribution in [-0.4, -0.2) is 54.6 Å². The molecule has 0 bridgehead atoms. The molecule has 10 heteroatoms. The average Bonchev–Trinajstić information content (AvgIpc) is 3.01. The summed E-state index contributed by atoms with van der Waals surface area (Å²) in [6.07, 6.45) is -3.62. The number of ether oxygens (including phenoxy) is 2. The molecule has 3 aliphatic rings. The molecule has 5 rings (SSSR count). The van der Waals surface area contributed by atoms with Crippen molar-refractivity contribution in [2.45, 2.75) is 65.3 Å². The second kappa shape index (κ2) is 12.9. The number of methoxy groups -OCH3 is 1. The molecule has 0 radical (unpaired) electrons. The standard InChI is InChI=1S/C35H39F3N2O5/c1-21(44-4)31-30(32(42)24-10-12-25(13-11-24)35(36,37)38)28(29-26(39-31)18-34(2,3)19-27(29)41)23-14-16-40(17-15-23)33(43)45-20-22-8-6-5-7-9-22/h5-13,21,23,28-29H,14-20H2,1-4H3. The quantitative estimate of drug-likeness (QED) is 0.302. The minimum absolute atomic E-state index is 0.00143. The Morgan fingerprint density at radius 1 is 1.02 bits per heavy atom. The Labute approximate surface area is 261 Å². The van der Waals surface area contributed by atoms with Crippen LogP contribution in [0, 0.1) is 23.2 Å². The number of alkyl halides is 3. The Kier molecular flexibility index (Phi) is 9.35. The van der Waals surface area contributed by atoms with E-state index in [1.165, 1.54) is 19.2 Å². The lowest BCUT2D eigenvalue weighted by Crippen LogP contribution is -2.50. The van der Waals surface area contributed by atoms with Crippen molar-refractivity contribution in [3.63, 3.8) is 0 Å². The number of halogens is 3. The minimum atomic E-state index is -4.54. The SMILES string of the molecule is COC(C)C1=C(C(=O)c2ccc(C(F)(F)F)cc2)C(C2CCN(C(=O)OCc3ccccc3)CC2)C2C(=O)CC(C)(C)CC2=N1. The van der Waals surface area contributed by atoms with E-state index in [-0.39, 0.29) is 29.3 Å². The van der Waals surface area contributed by atoms with Crippen molar-refractivity contribution >= 4 is 23.4 Å². The third kappa shape index (κ3) is 7.06. The van der Waals surface area contributed by atoms with E-state index in [1.807, 2.05) is 44.2 Å². The number of allylic oxidation sites excluding steroid dienone is 1. The van der Waals surface area contributed by atoms with Crippen LogP contribution >= 0.6 is 0 Å². The summed E-state index contributed by atoms with van der Waals surface area (Å²) in [6, 6.07) is 13.6. The zero-order valence-corrected chi connectivity index (χ0v) is 26.0. The van der Waals surface area contributed by atoms with Crippen LogP contribution in [0.25, 0.3) is 0 Å². The zero-order chi connectivity index (χ0) is 32.5. The molecular weight excluding hydrogens is 585 g/mol. The van der Waals surface area contributed by atoms with Crippen LogP contribution in [0.2, 0.25) is 0 Å². The molecule has 0 aromatic heterocycles. The molecule has 240 valence electrons. The lowest BCUT2D eigenvalue weighted by atomic mass is 9.60. The Balaban J connectivity index is 1.47. The first-order valence-electron chi connectivity index (χ1n) is 15.3. The first-order chi connectivity index (χ1) is 21.3. The van der Waals surface area contributed by atoms with Crippen molar-refractivity contribution in [3.8, 4) is 0 Å². The molecule has 0 N–H and O–H groups in total. The topological polar surface area (TPSA) is 85.3 Å². The number of benzene rings is 2. The molecule has 7 nitrogen and oxygen atoms in total. The maximum Gasteiger partial charge on any atom is 0.416 e. The summed E-state index contributed by atoms with van der Waals surface area (Å²) in [7, 11) is 1.51. The molecular formula is C35H39F3N2O5. The van der Waals surface area contributed by atoms with Crippen LogP contribution in [0.15, 0.2) is 70.9 Å². The number of ketones is 2. The highest BCUT2D eigenvalue weighted by Crippen LogP contribution is 2.48. The molecule has 2 heterocycles. The van der Waals surface area contributed by atoms with E-state index in [1.54, 1.807) is 11.8 Å². The van der Waals surface area contributed by atoms with Gasteiger partial charge < -0.3 is 14.4 Å². The Morgan fingerprint density at radius 2 is 1.67 bits per heavy atom. The normalized spacial score (nSPS) is 22.9. The molecule has 2 aliphatic heterocycles. The van der Waals surface area contributed by atoms with E-state index in [9.17, 15) is 27.6 Å². The van der Waals surface area contributed by atoms with Gasteiger partial charge in [-0.2, -0.15) is 13.2 Å². The third-order valence-corrected chi connectivity index (χ3v) is 9.22. The predicted molar refractivity (Wildman–Crippen MR) is 163 cm³/mol. The van der Waals surface area contributed by atoms with Crippen LogP contribution < -0.4 is 0 Å². The fourth-order valence-corrected chi connectivity index (χ4v) is 6.91. The number of likely N-dealkylation sites (tertiary alicyclic amines) is 1. The van der Waals surface area contributed by atoms with Gasteiger partial charge >= 0.3 is 12.3 Å². The minimum Gasteiger partial charge on any atom is -0.445 e. The van der Waals surface area contributed by atoms with Gasteiger partial charge in [0, 0.05) is 49.4 Å². The van der Waals surface area contributed by atoms with Crippen LogP contribution in [0.4, 0.5) is 18.0 Å². The van der Waals surface area contributed by atoms with Crippen molar-refractivity contribution < 1.29 is 37.0 Å². The number of amides is 1. The number of hydrogen-bond acceptors (Lipinski definition) is 6. The number of carbonyl (C=O) groups excluding carboxylic acids is 3. The highest BCUT2D eigenvalue weighted by molar-refractivity contribution is 6.15. The Morgan fingerprint density at radius 3 is 2.27 bits per heavy atom. The summed E-state index contributed by atoms with van der Waals surface area (Å²) in [5.41, 5.74) is 1.26. The van der Waals surface area contributed by atoms with Crippen molar-refractivity contribution in [2.24, 2.45) is 28.2 Å². The van der Waals surface area contributed by atoms with Gasteiger partial charge in [-0.15, -0.1) is 0 Å². The number of Topliss-reactive ketones (excluding diaryl/α,β-unsaturated/α-hetero) is 2. The van der Waals surface area contributed by atoms with Crippen LogP contribution in [0.5, 0.6) is 0 Å². The maximum atomic E-state index is 14.3. The predicted octanol–water partition coefficient (Wildman–Crippen LogP) is 7.30. The largest absolute Gasteiger partial charge is 0.445 e. The maximum absolute atomic E-state index is 14.3. The highest BCUT2D eigenvalue weighted by atomic mass is 19.4. The molecule has 45 heavy (non-hydrogen) atoms. The number of rotatable bonds is 7. The van der Waals surface area contributed by atoms with Crippen molar-refractivity contribution in [3.05, 3.63) is 82.6 Å². The van der Waals surface area contributed by atoms with Crippen molar-refractivity contribution in [2.75, 3.05) is 20.2 Å². The summed E-state index contributed by atoms with van der Waals surface area (Å²) in [5.74, 6) is -1.79. The van der Waals surface area contributed by atoms with Gasteiger partial charge in [-0.1, -0.05) is 56.3 Å². The molecule has 0 spiro atoms. The number of piperidine rings is 1. The van der Waals surface area contributed by atoms with Gasteiger partial charge in [-0.3, -0.25) is 14.6 Å². The molecule has 2 fully saturated rings. The fraction of sp³-hybridized carbons (Fsp3) is 0.486. The molecule has 1 aliphatic carbocycles. The van der Waals surface area contributed by atoms with Gasteiger partial charge in [0.05, 0.1) is 23.3 Å². The van der Waals surface area contributed by atoms with Crippen molar-refractivity contribution in [1.82, 2.24) is 4.90 Å². The second-order valence-corrected chi connectivity index (χ2v) is 13.0. The molecule has 1 saturated carbocycles. The number of aliphatic imine (C=N–C) groups is 1. The first-order valence-corrected chi connectivity index (χ1v) is 15.3. The van der Waals surface area contributed by atoms with Gasteiger partial charge in [0.2, 0.25) is 0 Å². The third-order valence-electron chi connectivity index (χ3n) is 9.22. The summed E-state index contributed by atoms with van der Waals surface area (Å²) in [5, 5.41) is 0. The number of fused-ring (bicyclic) bond motifs is 1. The van der Waals surface area contributed by atoms with Gasteiger partial charge in [-0.05, 0) is 55.2 Å². The molecule has 3 unspecified atom stereocenters. The molecule has 2 aromatic carbocycles. The van der Waals surface area contributed by atoms with E-state index in [0.717, 1.165) is 17.7 Å². The van der Waals surface area contributed by atoms with E-state index >= 15 is 0 Å². The Bertz CT molecular complexity index is 1490. The monoisotopic (exact) mass is 624 g/mol. The van der Waals surface area contributed by atoms with Crippen LogP contribution in [-0.2, 0) is 27.1 Å². The van der Waals surface area contributed by atoms with Gasteiger partial charge in [0.25, 0.3) is 0 Å². The summed E-state index contributed by atoms with van der Waals surface area (Å²) >= 11 is 0. The smallest absolute Gasteiger partial charge is 0.416 e. The summed E-state index contributed by atoms with van der Waals surface area (Å²) < 4.78 is 51.1. The van der Waals surface area contributed by atoms with Crippen LogP contribution in [0.3, 0.4) is 0 Å². The second-order valence-electron chi connectivity index (χ2n) is 13.0. The molecule has 1 amide bonds. The highest BCUT2D eigenvalue weighted by Gasteiger charge is 2.50. The molecule has 2 aromatic rings. The molecule has 3 atom stereocenters.